The quantitative estimate of drug-likeness (QED) is 0.875. The van der Waals surface area contributed by atoms with Crippen molar-refractivity contribution >= 4 is 22.4 Å². The summed E-state index contributed by atoms with van der Waals surface area (Å²) in [5.41, 5.74) is 0.521. The zero-order chi connectivity index (χ0) is 15.6. The van der Waals surface area contributed by atoms with Crippen LogP contribution in [0.4, 0.5) is 5.13 Å². The van der Waals surface area contributed by atoms with Crippen LogP contribution in [0.2, 0.25) is 0 Å². The third kappa shape index (κ3) is 3.21. The molecule has 5 nitrogen and oxygen atoms in total. The monoisotopic (exact) mass is 310 g/mol. The number of piperazine rings is 1. The van der Waals surface area contributed by atoms with Crippen molar-refractivity contribution < 1.29 is 4.79 Å². The number of carbonyl (C=O) groups excluding carboxylic acids is 1. The van der Waals surface area contributed by atoms with Crippen molar-refractivity contribution in [1.82, 2.24) is 15.6 Å². The number of aromatic nitrogens is 1. The number of nitrogens with one attached hydrogen (secondary N) is 2. The van der Waals surface area contributed by atoms with Gasteiger partial charge >= 0.3 is 0 Å². The van der Waals surface area contributed by atoms with Gasteiger partial charge in [0.2, 0.25) is 5.91 Å². The van der Waals surface area contributed by atoms with E-state index in [1.54, 1.807) is 11.3 Å². The molecule has 0 aromatic carbocycles. The molecule has 1 saturated heterocycles. The highest BCUT2D eigenvalue weighted by atomic mass is 32.1. The Balaban J connectivity index is 2.23. The Hall–Kier alpha value is -1.14. The van der Waals surface area contributed by atoms with Crippen LogP contribution in [-0.2, 0) is 4.79 Å². The van der Waals surface area contributed by atoms with Crippen molar-refractivity contribution in [2.75, 3.05) is 24.5 Å². The largest absolute Gasteiger partial charge is 0.352 e. The van der Waals surface area contributed by atoms with Crippen LogP contribution in [-0.4, -0.2) is 36.1 Å². The average Bonchev–Trinajstić information content (AvgIpc) is 2.81. The average molecular weight is 310 g/mol. The molecular weight excluding hydrogens is 284 g/mol. The Bertz CT molecular complexity index is 512. The molecule has 1 aliphatic heterocycles. The Morgan fingerprint density at radius 1 is 1.52 bits per heavy atom. The molecule has 0 bridgehead atoms. The fraction of sp³-hybridized carbons (Fsp3) is 0.733. The van der Waals surface area contributed by atoms with E-state index in [0.29, 0.717) is 12.6 Å². The van der Waals surface area contributed by atoms with Crippen molar-refractivity contribution in [3.63, 3.8) is 0 Å². The van der Waals surface area contributed by atoms with E-state index in [1.165, 1.54) is 4.88 Å². The number of hydrogen-bond acceptors (Lipinski definition) is 5. The fourth-order valence-electron chi connectivity index (χ4n) is 2.60. The lowest BCUT2D eigenvalue weighted by molar-refractivity contribution is -0.126. The van der Waals surface area contributed by atoms with Gasteiger partial charge in [-0.05, 0) is 40.7 Å². The standard InChI is InChI=1S/C15H26N4OS/c1-6-7-16-10(2)12-11(3)18-14(21-12)19-9-8-17-13(20)15(19,4)5/h10,16H,6-9H2,1-5H3,(H,17,20). The highest BCUT2D eigenvalue weighted by molar-refractivity contribution is 7.15. The molecule has 0 saturated carbocycles. The van der Waals surface area contributed by atoms with Crippen LogP contribution in [0, 0.1) is 6.92 Å². The number of aryl methyl sites for hydroxylation is 1. The number of anilines is 1. The van der Waals surface area contributed by atoms with E-state index in [9.17, 15) is 4.79 Å². The minimum atomic E-state index is -0.542. The second kappa shape index (κ2) is 6.32. The van der Waals surface area contributed by atoms with Crippen molar-refractivity contribution in [2.24, 2.45) is 0 Å². The molecule has 1 unspecified atom stereocenters. The summed E-state index contributed by atoms with van der Waals surface area (Å²) < 4.78 is 0. The van der Waals surface area contributed by atoms with E-state index < -0.39 is 5.54 Å². The maximum atomic E-state index is 12.1. The molecular formula is C15H26N4OS. The van der Waals surface area contributed by atoms with Gasteiger partial charge in [0.25, 0.3) is 0 Å². The number of rotatable bonds is 5. The molecule has 1 aromatic rings. The summed E-state index contributed by atoms with van der Waals surface area (Å²) >= 11 is 1.70. The Kier molecular flexibility index (Phi) is 4.88. The van der Waals surface area contributed by atoms with Gasteiger partial charge in [-0.25, -0.2) is 4.98 Å². The first-order valence-electron chi connectivity index (χ1n) is 7.64. The second-order valence-electron chi connectivity index (χ2n) is 6.09. The molecule has 2 rings (SSSR count). The maximum Gasteiger partial charge on any atom is 0.245 e. The predicted molar refractivity (Wildman–Crippen MR) is 88.0 cm³/mol. The molecule has 1 atom stereocenters. The van der Waals surface area contributed by atoms with Gasteiger partial charge in [-0.15, -0.1) is 0 Å². The van der Waals surface area contributed by atoms with Crippen molar-refractivity contribution in [1.29, 1.82) is 0 Å². The van der Waals surface area contributed by atoms with E-state index >= 15 is 0 Å². The van der Waals surface area contributed by atoms with Crippen LogP contribution in [0.15, 0.2) is 0 Å². The molecule has 1 fully saturated rings. The van der Waals surface area contributed by atoms with E-state index in [0.717, 1.165) is 30.3 Å². The Morgan fingerprint density at radius 2 is 2.24 bits per heavy atom. The zero-order valence-corrected chi connectivity index (χ0v) is 14.4. The second-order valence-corrected chi connectivity index (χ2v) is 7.10. The van der Waals surface area contributed by atoms with Crippen LogP contribution >= 0.6 is 11.3 Å². The van der Waals surface area contributed by atoms with Crippen molar-refractivity contribution in [2.45, 2.75) is 52.6 Å². The van der Waals surface area contributed by atoms with E-state index in [-0.39, 0.29) is 5.91 Å². The van der Waals surface area contributed by atoms with Gasteiger partial charge in [0.15, 0.2) is 5.13 Å². The number of thiazole rings is 1. The van der Waals surface area contributed by atoms with Gasteiger partial charge in [0, 0.05) is 24.0 Å². The van der Waals surface area contributed by atoms with Gasteiger partial charge in [-0.2, -0.15) is 0 Å². The summed E-state index contributed by atoms with van der Waals surface area (Å²) in [6.45, 7) is 12.8. The lowest BCUT2D eigenvalue weighted by Crippen LogP contribution is -2.62. The summed E-state index contributed by atoms with van der Waals surface area (Å²) in [7, 11) is 0. The van der Waals surface area contributed by atoms with Crippen molar-refractivity contribution in [3.05, 3.63) is 10.6 Å². The number of hydrogen-bond donors (Lipinski definition) is 2. The maximum absolute atomic E-state index is 12.1. The summed E-state index contributed by atoms with van der Waals surface area (Å²) in [6.07, 6.45) is 1.12. The highest BCUT2D eigenvalue weighted by Crippen LogP contribution is 2.34. The molecule has 0 radical (unpaired) electrons. The van der Waals surface area contributed by atoms with Crippen LogP contribution in [0.1, 0.15) is 50.7 Å². The third-order valence-corrected chi connectivity index (χ3v) is 5.36. The number of carbonyl (C=O) groups is 1. The minimum absolute atomic E-state index is 0.0697. The third-order valence-electron chi connectivity index (χ3n) is 4.00. The smallest absolute Gasteiger partial charge is 0.245 e. The lowest BCUT2D eigenvalue weighted by atomic mass is 10.00. The number of nitrogens with zero attached hydrogens (tertiary/aromatic N) is 2. The van der Waals surface area contributed by atoms with Crippen LogP contribution < -0.4 is 15.5 Å². The molecule has 118 valence electrons. The number of amides is 1. The first-order chi connectivity index (χ1) is 9.87. The van der Waals surface area contributed by atoms with Crippen LogP contribution in [0.5, 0.6) is 0 Å². The molecule has 2 N–H and O–H groups in total. The molecule has 21 heavy (non-hydrogen) atoms. The first-order valence-corrected chi connectivity index (χ1v) is 8.46. The Morgan fingerprint density at radius 3 is 2.90 bits per heavy atom. The van der Waals surface area contributed by atoms with Crippen LogP contribution in [0.25, 0.3) is 0 Å². The lowest BCUT2D eigenvalue weighted by Gasteiger charge is -2.41. The van der Waals surface area contributed by atoms with Gasteiger partial charge in [-0.3, -0.25) is 4.79 Å². The van der Waals surface area contributed by atoms with E-state index in [1.807, 2.05) is 13.8 Å². The molecule has 1 aliphatic rings. The van der Waals surface area contributed by atoms with E-state index in [2.05, 4.69) is 36.3 Å². The Labute approximate surface area is 131 Å². The van der Waals surface area contributed by atoms with Gasteiger partial charge < -0.3 is 15.5 Å². The van der Waals surface area contributed by atoms with Gasteiger partial charge in [0.1, 0.15) is 5.54 Å². The van der Waals surface area contributed by atoms with Crippen molar-refractivity contribution in [3.8, 4) is 0 Å². The summed E-state index contributed by atoms with van der Waals surface area (Å²) in [4.78, 5) is 20.2. The normalized spacial score (nSPS) is 19.5. The van der Waals surface area contributed by atoms with Gasteiger partial charge in [0.05, 0.1) is 5.69 Å². The fourth-order valence-corrected chi connectivity index (χ4v) is 3.86. The molecule has 0 aliphatic carbocycles. The SMILES string of the molecule is CCCNC(C)c1sc(N2CCNC(=O)C2(C)C)nc1C. The first kappa shape index (κ1) is 16.2. The molecule has 0 spiro atoms. The molecule has 2 heterocycles. The molecule has 1 aromatic heterocycles. The zero-order valence-electron chi connectivity index (χ0n) is 13.6. The summed E-state index contributed by atoms with van der Waals surface area (Å²) in [6, 6.07) is 0.304. The highest BCUT2D eigenvalue weighted by Gasteiger charge is 2.39. The van der Waals surface area contributed by atoms with Gasteiger partial charge in [-0.1, -0.05) is 18.3 Å². The predicted octanol–water partition coefficient (Wildman–Crippen LogP) is 2.23. The summed E-state index contributed by atoms with van der Waals surface area (Å²) in [5, 5.41) is 7.39. The van der Waals surface area contributed by atoms with Crippen LogP contribution in [0.3, 0.4) is 0 Å². The molecule has 6 heteroatoms. The molecule has 1 amide bonds. The van der Waals surface area contributed by atoms with E-state index in [4.69, 9.17) is 4.98 Å². The topological polar surface area (TPSA) is 57.3 Å². The minimum Gasteiger partial charge on any atom is -0.352 e. The summed E-state index contributed by atoms with van der Waals surface area (Å²) in [5.74, 6) is 0.0697.